The number of fused-ring (bicyclic) bond motifs is 2. The topological polar surface area (TPSA) is 120 Å². The Balaban J connectivity index is 1.42. The van der Waals surface area contributed by atoms with E-state index in [9.17, 15) is 18.0 Å². The summed E-state index contributed by atoms with van der Waals surface area (Å²) in [6.45, 7) is 1.07. The van der Waals surface area contributed by atoms with Crippen molar-refractivity contribution >= 4 is 27.6 Å². The zero-order valence-corrected chi connectivity index (χ0v) is 16.1. The third-order valence-electron chi connectivity index (χ3n) is 4.37. The van der Waals surface area contributed by atoms with Crippen molar-refractivity contribution in [3.8, 4) is 11.5 Å². The van der Waals surface area contributed by atoms with Crippen LogP contribution in [-0.2, 0) is 19.6 Å². The second kappa shape index (κ2) is 7.21. The number of rotatable bonds is 5. The van der Waals surface area contributed by atoms with Gasteiger partial charge in [0.25, 0.3) is 10.0 Å². The minimum absolute atomic E-state index is 0.0622. The molecule has 1 atom stereocenters. The van der Waals surface area contributed by atoms with Gasteiger partial charge in [-0.3, -0.25) is 14.5 Å². The van der Waals surface area contributed by atoms with E-state index in [-0.39, 0.29) is 17.5 Å². The number of carbonyl (C=O) groups excluding carboxylic acids is 2. The molecule has 4 rings (SSSR count). The summed E-state index contributed by atoms with van der Waals surface area (Å²) in [5.41, 5.74) is 0.696. The maximum absolute atomic E-state index is 12.3. The van der Waals surface area contributed by atoms with Crippen molar-refractivity contribution in [2.45, 2.75) is 17.9 Å². The molecule has 0 saturated carbocycles. The summed E-state index contributed by atoms with van der Waals surface area (Å²) in [5.74, 6) is -0.109. The molecule has 150 valence electrons. The van der Waals surface area contributed by atoms with Crippen LogP contribution in [-0.4, -0.2) is 45.4 Å². The van der Waals surface area contributed by atoms with E-state index in [1.807, 2.05) is 0 Å². The van der Waals surface area contributed by atoms with E-state index in [4.69, 9.17) is 14.2 Å². The van der Waals surface area contributed by atoms with Crippen molar-refractivity contribution in [2.24, 2.45) is 4.99 Å². The lowest BCUT2D eigenvalue weighted by Crippen LogP contribution is -2.27. The van der Waals surface area contributed by atoms with E-state index in [2.05, 4.69) is 9.71 Å². The van der Waals surface area contributed by atoms with Crippen LogP contribution in [0.2, 0.25) is 0 Å². The number of hydrogen-bond acceptors (Lipinski definition) is 8. The Morgan fingerprint density at radius 1 is 1.17 bits per heavy atom. The second-order valence-corrected chi connectivity index (χ2v) is 8.01. The van der Waals surface area contributed by atoms with Gasteiger partial charge < -0.3 is 14.2 Å². The molecule has 0 aromatic heterocycles. The summed E-state index contributed by atoms with van der Waals surface area (Å²) in [6, 6.07) is 9.98. The molecule has 0 aliphatic carbocycles. The van der Waals surface area contributed by atoms with Crippen LogP contribution < -0.4 is 14.2 Å². The number of nitrogens with zero attached hydrogens (tertiary/aromatic N) is 1. The molecule has 2 aliphatic rings. The highest BCUT2D eigenvalue weighted by atomic mass is 32.2. The van der Waals surface area contributed by atoms with E-state index in [0.29, 0.717) is 22.6 Å². The fourth-order valence-corrected chi connectivity index (χ4v) is 4.13. The first-order valence-electron chi connectivity index (χ1n) is 8.64. The average molecular weight is 416 g/mol. The molecule has 0 saturated heterocycles. The van der Waals surface area contributed by atoms with Gasteiger partial charge >= 0.3 is 5.97 Å². The van der Waals surface area contributed by atoms with Crippen molar-refractivity contribution < 1.29 is 32.2 Å². The number of ketones is 1. The Morgan fingerprint density at radius 2 is 1.93 bits per heavy atom. The standard InChI is InChI=1S/C19H16N2O7S/c1-11(20-18-13-4-2-3-5-17(13)29(24,25)21-18)19(23)26-9-14(22)12-6-7-15-16(8-12)28-10-27-15/h2-8,11H,9-10H2,1H3,(H,20,21)/t11-/m0/s1. The first-order chi connectivity index (χ1) is 13.8. The minimum atomic E-state index is -3.70. The number of carbonyl (C=O) groups is 2. The van der Waals surface area contributed by atoms with Crippen LogP contribution in [0.25, 0.3) is 0 Å². The Morgan fingerprint density at radius 3 is 2.76 bits per heavy atom. The molecule has 2 heterocycles. The highest BCUT2D eigenvalue weighted by Gasteiger charge is 2.31. The molecular weight excluding hydrogens is 400 g/mol. The van der Waals surface area contributed by atoms with Crippen molar-refractivity contribution in [3.05, 3.63) is 53.6 Å². The van der Waals surface area contributed by atoms with Gasteiger partial charge in [-0.25, -0.2) is 13.2 Å². The van der Waals surface area contributed by atoms with Crippen LogP contribution in [0.1, 0.15) is 22.8 Å². The quantitative estimate of drug-likeness (QED) is 0.576. The first-order valence-corrected chi connectivity index (χ1v) is 10.1. The van der Waals surface area contributed by atoms with Gasteiger partial charge in [0.2, 0.25) is 6.79 Å². The number of nitrogens with one attached hydrogen (secondary N) is 1. The summed E-state index contributed by atoms with van der Waals surface area (Å²) in [7, 11) is -3.70. The maximum Gasteiger partial charge on any atom is 0.331 e. The van der Waals surface area contributed by atoms with Gasteiger partial charge in [-0.1, -0.05) is 12.1 Å². The van der Waals surface area contributed by atoms with E-state index in [1.54, 1.807) is 30.3 Å². The zero-order chi connectivity index (χ0) is 20.6. The number of hydrogen-bond donors (Lipinski definition) is 1. The van der Waals surface area contributed by atoms with Gasteiger partial charge in [0.05, 0.1) is 4.90 Å². The van der Waals surface area contributed by atoms with E-state index in [0.717, 1.165) is 0 Å². The molecule has 0 bridgehead atoms. The predicted molar refractivity (Wildman–Crippen MR) is 101 cm³/mol. The molecule has 0 radical (unpaired) electrons. The number of esters is 1. The molecular formula is C19H16N2O7S. The van der Waals surface area contributed by atoms with Crippen molar-refractivity contribution in [1.82, 2.24) is 4.72 Å². The monoisotopic (exact) mass is 416 g/mol. The van der Waals surface area contributed by atoms with Gasteiger partial charge in [-0.05, 0) is 37.3 Å². The molecule has 0 fully saturated rings. The van der Waals surface area contributed by atoms with E-state index in [1.165, 1.54) is 19.1 Å². The molecule has 0 spiro atoms. The normalized spacial score (nSPS) is 18.0. The van der Waals surface area contributed by atoms with Crippen LogP contribution >= 0.6 is 0 Å². The van der Waals surface area contributed by atoms with Crippen LogP contribution in [0.5, 0.6) is 11.5 Å². The number of amidine groups is 1. The molecule has 1 N–H and O–H groups in total. The van der Waals surface area contributed by atoms with Gasteiger partial charge in [-0.15, -0.1) is 0 Å². The van der Waals surface area contributed by atoms with E-state index >= 15 is 0 Å². The summed E-state index contributed by atoms with van der Waals surface area (Å²) in [5, 5.41) is 0. The number of benzene rings is 2. The largest absolute Gasteiger partial charge is 0.456 e. The lowest BCUT2D eigenvalue weighted by Gasteiger charge is -2.09. The van der Waals surface area contributed by atoms with Crippen molar-refractivity contribution in [3.63, 3.8) is 0 Å². The Labute approximate surface area is 166 Å². The Hall–Kier alpha value is -3.40. The smallest absolute Gasteiger partial charge is 0.331 e. The Kier molecular flexibility index (Phi) is 4.71. The molecule has 2 aromatic carbocycles. The maximum atomic E-state index is 12.3. The molecule has 2 aliphatic heterocycles. The van der Waals surface area contributed by atoms with Crippen molar-refractivity contribution in [2.75, 3.05) is 13.4 Å². The van der Waals surface area contributed by atoms with Crippen LogP contribution in [0, 0.1) is 0 Å². The SMILES string of the molecule is C[C@H](N=C1NS(=O)(=O)c2ccccc21)C(=O)OCC(=O)c1ccc2c(c1)OCO2. The summed E-state index contributed by atoms with van der Waals surface area (Å²) in [6.07, 6.45) is 0. The van der Waals surface area contributed by atoms with Gasteiger partial charge in [0.1, 0.15) is 11.9 Å². The number of aliphatic imine (C=N–C) groups is 1. The second-order valence-electron chi connectivity index (χ2n) is 6.35. The van der Waals surface area contributed by atoms with Crippen LogP contribution in [0.15, 0.2) is 52.4 Å². The van der Waals surface area contributed by atoms with Crippen LogP contribution in [0.3, 0.4) is 0 Å². The van der Waals surface area contributed by atoms with Gasteiger partial charge in [0, 0.05) is 11.1 Å². The molecule has 10 heteroatoms. The summed E-state index contributed by atoms with van der Waals surface area (Å²) >= 11 is 0. The Bertz CT molecular complexity index is 1140. The summed E-state index contributed by atoms with van der Waals surface area (Å²) in [4.78, 5) is 28.7. The predicted octanol–water partition coefficient (Wildman–Crippen LogP) is 1.27. The number of Topliss-reactive ketones (excluding diaryl/α,β-unsaturated/α-hetero) is 1. The fourth-order valence-electron chi connectivity index (χ4n) is 2.89. The lowest BCUT2D eigenvalue weighted by atomic mass is 10.1. The van der Waals surface area contributed by atoms with Crippen molar-refractivity contribution in [1.29, 1.82) is 0 Å². The first kappa shape index (κ1) is 18.9. The molecule has 2 aromatic rings. The third-order valence-corrected chi connectivity index (χ3v) is 5.76. The minimum Gasteiger partial charge on any atom is -0.456 e. The zero-order valence-electron chi connectivity index (χ0n) is 15.2. The lowest BCUT2D eigenvalue weighted by molar-refractivity contribution is -0.143. The average Bonchev–Trinajstić information content (AvgIpc) is 3.27. The summed E-state index contributed by atoms with van der Waals surface area (Å²) < 4.78 is 42.0. The van der Waals surface area contributed by atoms with E-state index < -0.39 is 34.4 Å². The highest BCUT2D eigenvalue weighted by molar-refractivity contribution is 7.90. The van der Waals surface area contributed by atoms with Crippen LogP contribution in [0.4, 0.5) is 0 Å². The van der Waals surface area contributed by atoms with Gasteiger partial charge in [0.15, 0.2) is 23.9 Å². The molecule has 29 heavy (non-hydrogen) atoms. The number of sulfonamides is 1. The highest BCUT2D eigenvalue weighted by Crippen LogP contribution is 2.32. The molecule has 9 nitrogen and oxygen atoms in total. The number of ether oxygens (including phenoxy) is 3. The molecule has 0 unspecified atom stereocenters. The van der Waals surface area contributed by atoms with Gasteiger partial charge in [-0.2, -0.15) is 0 Å². The fraction of sp³-hybridized carbons (Fsp3) is 0.211. The molecule has 0 amide bonds. The third kappa shape index (κ3) is 3.66.